The predicted molar refractivity (Wildman–Crippen MR) is 74.8 cm³/mol. The van der Waals surface area contributed by atoms with Crippen molar-refractivity contribution in [2.24, 2.45) is 23.2 Å². The van der Waals surface area contributed by atoms with E-state index in [0.717, 1.165) is 32.5 Å². The topological polar surface area (TPSA) is 49.4 Å². The Morgan fingerprint density at radius 2 is 1.80 bits per heavy atom. The van der Waals surface area contributed by atoms with Gasteiger partial charge < -0.3 is 10.2 Å². The van der Waals surface area contributed by atoms with E-state index in [1.54, 1.807) is 0 Å². The molecular weight excluding hydrogens is 252 g/mol. The van der Waals surface area contributed by atoms with Crippen molar-refractivity contribution in [2.75, 3.05) is 19.6 Å². The van der Waals surface area contributed by atoms with E-state index < -0.39 is 0 Å². The zero-order chi connectivity index (χ0) is 13.7. The third kappa shape index (κ3) is 1.95. The number of nitrogens with one attached hydrogen (secondary N) is 1. The summed E-state index contributed by atoms with van der Waals surface area (Å²) in [6.07, 6.45) is 7.86. The molecule has 2 saturated heterocycles. The standard InChI is InChI=1S/C16H24N2O2/c19-13-9-16(10-17-13)5-7-18(8-6-16)15(20)14-11-3-1-2-4-12(11)14/h11-12,14H,1-10H2,(H,17,19). The molecule has 0 aromatic rings. The van der Waals surface area contributed by atoms with Crippen molar-refractivity contribution in [3.05, 3.63) is 0 Å². The molecule has 2 saturated carbocycles. The highest BCUT2D eigenvalue weighted by Crippen LogP contribution is 2.56. The summed E-state index contributed by atoms with van der Waals surface area (Å²) in [6.45, 7) is 2.55. The highest BCUT2D eigenvalue weighted by Gasteiger charge is 2.56. The van der Waals surface area contributed by atoms with Crippen molar-refractivity contribution in [1.29, 1.82) is 0 Å². The molecule has 0 aromatic carbocycles. The fourth-order valence-electron chi connectivity index (χ4n) is 4.88. The summed E-state index contributed by atoms with van der Waals surface area (Å²) in [5, 5.41) is 2.96. The van der Waals surface area contributed by atoms with Crippen LogP contribution in [-0.4, -0.2) is 36.3 Å². The van der Waals surface area contributed by atoms with Gasteiger partial charge in [0.25, 0.3) is 0 Å². The van der Waals surface area contributed by atoms with Crippen molar-refractivity contribution in [3.8, 4) is 0 Å². The van der Waals surface area contributed by atoms with Crippen LogP contribution in [0.5, 0.6) is 0 Å². The lowest BCUT2D eigenvalue weighted by Gasteiger charge is -2.38. The Hall–Kier alpha value is -1.06. The number of hydrogen-bond acceptors (Lipinski definition) is 2. The fraction of sp³-hybridized carbons (Fsp3) is 0.875. The molecule has 2 aliphatic carbocycles. The summed E-state index contributed by atoms with van der Waals surface area (Å²) in [5.74, 6) is 2.39. The third-order valence-corrected chi connectivity index (χ3v) is 6.27. The van der Waals surface area contributed by atoms with E-state index in [0.29, 0.717) is 30.1 Å². The molecule has 110 valence electrons. The molecule has 4 aliphatic rings. The Labute approximate surface area is 120 Å². The van der Waals surface area contributed by atoms with Gasteiger partial charge in [-0.1, -0.05) is 12.8 Å². The van der Waals surface area contributed by atoms with Crippen molar-refractivity contribution >= 4 is 11.8 Å². The molecule has 2 aliphatic heterocycles. The van der Waals surface area contributed by atoms with Gasteiger partial charge in [-0.2, -0.15) is 0 Å². The average Bonchev–Trinajstić information content (AvgIpc) is 3.10. The molecule has 4 fully saturated rings. The van der Waals surface area contributed by atoms with Crippen LogP contribution in [0.2, 0.25) is 0 Å². The van der Waals surface area contributed by atoms with E-state index in [4.69, 9.17) is 0 Å². The van der Waals surface area contributed by atoms with Crippen molar-refractivity contribution in [3.63, 3.8) is 0 Å². The summed E-state index contributed by atoms with van der Waals surface area (Å²) in [6, 6.07) is 0. The highest BCUT2D eigenvalue weighted by molar-refractivity contribution is 5.83. The summed E-state index contributed by atoms with van der Waals surface area (Å²) < 4.78 is 0. The Bertz CT molecular complexity index is 428. The number of hydrogen-bond donors (Lipinski definition) is 1. The summed E-state index contributed by atoms with van der Waals surface area (Å²) >= 11 is 0. The minimum absolute atomic E-state index is 0.157. The van der Waals surface area contributed by atoms with Crippen LogP contribution in [0.25, 0.3) is 0 Å². The van der Waals surface area contributed by atoms with Gasteiger partial charge in [-0.25, -0.2) is 0 Å². The lowest BCUT2D eigenvalue weighted by Crippen LogP contribution is -2.44. The minimum atomic E-state index is 0.157. The lowest BCUT2D eigenvalue weighted by molar-refractivity contribution is -0.135. The number of nitrogens with zero attached hydrogens (tertiary/aromatic N) is 1. The van der Waals surface area contributed by atoms with E-state index in [1.807, 2.05) is 0 Å². The van der Waals surface area contributed by atoms with Gasteiger partial charge in [-0.3, -0.25) is 9.59 Å². The average molecular weight is 276 g/mol. The molecule has 2 unspecified atom stereocenters. The quantitative estimate of drug-likeness (QED) is 0.790. The zero-order valence-corrected chi connectivity index (χ0v) is 12.1. The van der Waals surface area contributed by atoms with E-state index in [-0.39, 0.29) is 11.3 Å². The molecule has 1 spiro atoms. The molecule has 2 atom stereocenters. The molecule has 2 heterocycles. The number of rotatable bonds is 1. The van der Waals surface area contributed by atoms with Crippen LogP contribution in [0.15, 0.2) is 0 Å². The molecule has 1 N–H and O–H groups in total. The number of carbonyl (C=O) groups excluding carboxylic acids is 2. The second-order valence-corrected chi connectivity index (χ2v) is 7.42. The zero-order valence-electron chi connectivity index (χ0n) is 12.1. The maximum atomic E-state index is 12.6. The molecular formula is C16H24N2O2. The molecule has 0 aromatic heterocycles. The normalized spacial score (nSPS) is 38.5. The van der Waals surface area contributed by atoms with Gasteiger partial charge in [-0.05, 0) is 42.9 Å². The number of amides is 2. The number of piperidine rings is 1. The first-order valence-corrected chi connectivity index (χ1v) is 8.24. The molecule has 4 heteroatoms. The van der Waals surface area contributed by atoms with Crippen molar-refractivity contribution < 1.29 is 9.59 Å². The maximum absolute atomic E-state index is 12.6. The van der Waals surface area contributed by atoms with Crippen LogP contribution in [0.3, 0.4) is 0 Å². The minimum Gasteiger partial charge on any atom is -0.356 e. The first-order chi connectivity index (χ1) is 9.69. The summed E-state index contributed by atoms with van der Waals surface area (Å²) in [4.78, 5) is 26.2. The fourth-order valence-corrected chi connectivity index (χ4v) is 4.88. The van der Waals surface area contributed by atoms with Gasteiger partial charge in [0, 0.05) is 32.0 Å². The number of fused-ring (bicyclic) bond motifs is 1. The maximum Gasteiger partial charge on any atom is 0.226 e. The molecule has 0 bridgehead atoms. The highest BCUT2D eigenvalue weighted by atomic mass is 16.2. The summed E-state index contributed by atoms with van der Waals surface area (Å²) in [7, 11) is 0. The third-order valence-electron chi connectivity index (χ3n) is 6.27. The monoisotopic (exact) mass is 276 g/mol. The first kappa shape index (κ1) is 12.7. The van der Waals surface area contributed by atoms with Gasteiger partial charge in [0.05, 0.1) is 0 Å². The molecule has 20 heavy (non-hydrogen) atoms. The smallest absolute Gasteiger partial charge is 0.226 e. The second kappa shape index (κ2) is 4.47. The van der Waals surface area contributed by atoms with Crippen LogP contribution >= 0.6 is 0 Å². The number of carbonyl (C=O) groups is 2. The van der Waals surface area contributed by atoms with Crippen molar-refractivity contribution in [2.45, 2.75) is 44.9 Å². The van der Waals surface area contributed by atoms with Gasteiger partial charge >= 0.3 is 0 Å². The summed E-state index contributed by atoms with van der Waals surface area (Å²) in [5.41, 5.74) is 0.157. The molecule has 2 amide bonds. The van der Waals surface area contributed by atoms with Gasteiger partial charge in [-0.15, -0.1) is 0 Å². The SMILES string of the molecule is O=C1CC2(CCN(C(=O)C3C4CCCCC43)CC2)CN1. The lowest BCUT2D eigenvalue weighted by atomic mass is 9.77. The largest absolute Gasteiger partial charge is 0.356 e. The van der Waals surface area contributed by atoms with Crippen LogP contribution < -0.4 is 5.32 Å². The molecule has 0 radical (unpaired) electrons. The van der Waals surface area contributed by atoms with E-state index in [9.17, 15) is 9.59 Å². The Balaban J connectivity index is 1.35. The van der Waals surface area contributed by atoms with E-state index in [1.165, 1.54) is 25.7 Å². The van der Waals surface area contributed by atoms with E-state index >= 15 is 0 Å². The molecule has 4 rings (SSSR count). The van der Waals surface area contributed by atoms with Crippen LogP contribution in [-0.2, 0) is 9.59 Å². The second-order valence-electron chi connectivity index (χ2n) is 7.42. The van der Waals surface area contributed by atoms with Crippen molar-refractivity contribution in [1.82, 2.24) is 10.2 Å². The Morgan fingerprint density at radius 3 is 2.35 bits per heavy atom. The Morgan fingerprint density at radius 1 is 1.15 bits per heavy atom. The predicted octanol–water partition coefficient (Wildman–Crippen LogP) is 1.55. The first-order valence-electron chi connectivity index (χ1n) is 8.24. The van der Waals surface area contributed by atoms with Crippen LogP contribution in [0.1, 0.15) is 44.9 Å². The Kier molecular flexibility index (Phi) is 2.83. The van der Waals surface area contributed by atoms with Crippen LogP contribution in [0, 0.1) is 23.2 Å². The molecule has 4 nitrogen and oxygen atoms in total. The van der Waals surface area contributed by atoms with Gasteiger partial charge in [0.15, 0.2) is 0 Å². The van der Waals surface area contributed by atoms with E-state index in [2.05, 4.69) is 10.2 Å². The van der Waals surface area contributed by atoms with Gasteiger partial charge in [0.2, 0.25) is 11.8 Å². The van der Waals surface area contributed by atoms with Crippen LogP contribution in [0.4, 0.5) is 0 Å². The number of likely N-dealkylation sites (tertiary alicyclic amines) is 1. The van der Waals surface area contributed by atoms with Gasteiger partial charge in [0.1, 0.15) is 0 Å².